The molecule has 1 atom stereocenters. The van der Waals surface area contributed by atoms with E-state index < -0.39 is 6.04 Å². The first-order valence-corrected chi connectivity index (χ1v) is 6.60. The number of hydrogen-bond acceptors (Lipinski definition) is 3. The van der Waals surface area contributed by atoms with Crippen LogP contribution in [0.5, 0.6) is 0 Å². The highest BCUT2D eigenvalue weighted by Gasteiger charge is 2.27. The minimum absolute atomic E-state index is 0. The maximum Gasteiger partial charge on any atom is 0.251 e. The normalized spacial score (nSPS) is 12.0. The van der Waals surface area contributed by atoms with Crippen LogP contribution < -0.4 is 16.4 Å². The average molecular weight is 314 g/mol. The van der Waals surface area contributed by atoms with Gasteiger partial charge in [-0.1, -0.05) is 32.9 Å². The largest absolute Gasteiger partial charge is 0.355 e. The number of nitrogens with two attached hydrogens (primary N) is 1. The molecule has 0 radical (unpaired) electrons. The highest BCUT2D eigenvalue weighted by molar-refractivity contribution is 5.94. The van der Waals surface area contributed by atoms with Crippen molar-refractivity contribution in [1.82, 2.24) is 10.6 Å². The number of amides is 2. The van der Waals surface area contributed by atoms with Gasteiger partial charge in [0.15, 0.2) is 0 Å². The molecule has 0 aliphatic heterocycles. The quantitative estimate of drug-likeness (QED) is 0.786. The van der Waals surface area contributed by atoms with Crippen LogP contribution in [-0.4, -0.2) is 24.9 Å². The molecule has 0 spiro atoms. The fraction of sp³-hybridized carbons (Fsp3) is 0.467. The number of carbonyl (C=O) groups excluding carboxylic acids is 2. The third-order valence-electron chi connectivity index (χ3n) is 3.10. The van der Waals surface area contributed by atoms with Gasteiger partial charge < -0.3 is 16.4 Å². The van der Waals surface area contributed by atoms with E-state index in [2.05, 4.69) is 10.6 Å². The van der Waals surface area contributed by atoms with E-state index in [4.69, 9.17) is 5.73 Å². The molecule has 1 aromatic carbocycles. The molecule has 0 fully saturated rings. The molecule has 0 aliphatic rings. The van der Waals surface area contributed by atoms with Crippen LogP contribution in [0.15, 0.2) is 24.3 Å². The minimum Gasteiger partial charge on any atom is -0.355 e. The fourth-order valence-electron chi connectivity index (χ4n) is 1.66. The highest BCUT2D eigenvalue weighted by Crippen LogP contribution is 2.17. The van der Waals surface area contributed by atoms with E-state index in [0.717, 1.165) is 5.56 Å². The van der Waals surface area contributed by atoms with Crippen molar-refractivity contribution in [2.75, 3.05) is 7.05 Å². The van der Waals surface area contributed by atoms with Gasteiger partial charge in [-0.3, -0.25) is 9.59 Å². The van der Waals surface area contributed by atoms with Crippen LogP contribution in [0.1, 0.15) is 36.7 Å². The number of hydrogen-bond donors (Lipinski definition) is 3. The zero-order valence-corrected chi connectivity index (χ0v) is 13.7. The Balaban J connectivity index is 0.00000400. The molecule has 0 aromatic heterocycles. The third-order valence-corrected chi connectivity index (χ3v) is 3.10. The summed E-state index contributed by atoms with van der Waals surface area (Å²) in [6.45, 7) is 6.11. The second-order valence-electron chi connectivity index (χ2n) is 5.84. The summed E-state index contributed by atoms with van der Waals surface area (Å²) in [7, 11) is 1.58. The number of carbonyl (C=O) groups is 2. The maximum absolute atomic E-state index is 11.9. The van der Waals surface area contributed by atoms with Crippen LogP contribution in [0, 0.1) is 5.41 Å². The van der Waals surface area contributed by atoms with Gasteiger partial charge >= 0.3 is 0 Å². The predicted molar refractivity (Wildman–Crippen MR) is 86.4 cm³/mol. The summed E-state index contributed by atoms with van der Waals surface area (Å²) in [4.78, 5) is 23.4. The summed E-state index contributed by atoms with van der Waals surface area (Å²) in [5, 5.41) is 5.36. The Bertz CT molecular complexity index is 498. The summed E-state index contributed by atoms with van der Waals surface area (Å²) >= 11 is 0. The molecule has 5 nitrogen and oxygen atoms in total. The molecule has 21 heavy (non-hydrogen) atoms. The second-order valence-corrected chi connectivity index (χ2v) is 5.84. The van der Waals surface area contributed by atoms with E-state index in [1.165, 1.54) is 0 Å². The molecule has 0 saturated heterocycles. The smallest absolute Gasteiger partial charge is 0.251 e. The Labute approximate surface area is 132 Å². The van der Waals surface area contributed by atoms with Crippen LogP contribution in [0.25, 0.3) is 0 Å². The van der Waals surface area contributed by atoms with E-state index in [9.17, 15) is 9.59 Å². The first-order chi connectivity index (χ1) is 9.25. The summed E-state index contributed by atoms with van der Waals surface area (Å²) in [6, 6.07) is 6.56. The third kappa shape index (κ3) is 5.73. The Morgan fingerprint density at radius 2 is 1.90 bits per heavy atom. The van der Waals surface area contributed by atoms with E-state index in [1.807, 2.05) is 26.8 Å². The summed E-state index contributed by atoms with van der Waals surface area (Å²) < 4.78 is 0. The second kappa shape index (κ2) is 8.00. The van der Waals surface area contributed by atoms with Crippen molar-refractivity contribution in [1.29, 1.82) is 0 Å². The first-order valence-electron chi connectivity index (χ1n) is 6.60. The van der Waals surface area contributed by atoms with Gasteiger partial charge in [0.2, 0.25) is 5.91 Å². The standard InChI is InChI=1S/C15H23N3O2.ClH/c1-15(2,3)12(16)14(20)18-9-10-6-5-7-11(8-10)13(19)17-4;/h5-8,12H,9,16H2,1-4H3,(H,17,19)(H,18,20);1H/t12-;/m1./s1. The number of nitrogens with one attached hydrogen (secondary N) is 2. The van der Waals surface area contributed by atoms with Crippen molar-refractivity contribution >= 4 is 24.2 Å². The molecule has 2 amide bonds. The molecular formula is C15H24ClN3O2. The Morgan fingerprint density at radius 3 is 2.43 bits per heavy atom. The Kier molecular flexibility index (Phi) is 7.39. The predicted octanol–water partition coefficient (Wildman–Crippen LogP) is 1.46. The summed E-state index contributed by atoms with van der Waals surface area (Å²) in [5.41, 5.74) is 7.03. The lowest BCUT2D eigenvalue weighted by molar-refractivity contribution is -0.124. The molecule has 0 unspecified atom stereocenters. The van der Waals surface area contributed by atoms with Crippen molar-refractivity contribution in [2.24, 2.45) is 11.1 Å². The van der Waals surface area contributed by atoms with Gasteiger partial charge in [-0.05, 0) is 23.1 Å². The van der Waals surface area contributed by atoms with Crippen LogP contribution >= 0.6 is 12.4 Å². The average Bonchev–Trinajstić information content (AvgIpc) is 2.42. The number of benzene rings is 1. The van der Waals surface area contributed by atoms with E-state index in [0.29, 0.717) is 12.1 Å². The van der Waals surface area contributed by atoms with Gasteiger partial charge in [-0.2, -0.15) is 0 Å². The van der Waals surface area contributed by atoms with Gasteiger partial charge in [-0.25, -0.2) is 0 Å². The molecule has 4 N–H and O–H groups in total. The lowest BCUT2D eigenvalue weighted by Crippen LogP contribution is -2.48. The summed E-state index contributed by atoms with van der Waals surface area (Å²) in [5.74, 6) is -0.340. The van der Waals surface area contributed by atoms with Gasteiger partial charge in [-0.15, -0.1) is 12.4 Å². The van der Waals surface area contributed by atoms with Gasteiger partial charge in [0.25, 0.3) is 5.91 Å². The molecule has 1 aromatic rings. The molecule has 6 heteroatoms. The van der Waals surface area contributed by atoms with Crippen molar-refractivity contribution < 1.29 is 9.59 Å². The first kappa shape index (κ1) is 19.4. The number of halogens is 1. The van der Waals surface area contributed by atoms with Gasteiger partial charge in [0, 0.05) is 19.2 Å². The minimum atomic E-state index is -0.565. The van der Waals surface area contributed by atoms with E-state index >= 15 is 0 Å². The molecule has 1 rings (SSSR count). The fourth-order valence-corrected chi connectivity index (χ4v) is 1.66. The van der Waals surface area contributed by atoms with Gasteiger partial charge in [0.1, 0.15) is 0 Å². The van der Waals surface area contributed by atoms with Crippen molar-refractivity contribution in [2.45, 2.75) is 33.4 Å². The molecule has 0 bridgehead atoms. The van der Waals surface area contributed by atoms with Crippen molar-refractivity contribution in [3.8, 4) is 0 Å². The van der Waals surface area contributed by atoms with Crippen molar-refractivity contribution in [3.63, 3.8) is 0 Å². The maximum atomic E-state index is 11.9. The van der Waals surface area contributed by atoms with Crippen LogP contribution in [-0.2, 0) is 11.3 Å². The monoisotopic (exact) mass is 313 g/mol. The zero-order chi connectivity index (χ0) is 15.3. The van der Waals surface area contributed by atoms with Crippen LogP contribution in [0.3, 0.4) is 0 Å². The van der Waals surface area contributed by atoms with Crippen molar-refractivity contribution in [3.05, 3.63) is 35.4 Å². The van der Waals surface area contributed by atoms with Crippen LogP contribution in [0.4, 0.5) is 0 Å². The molecule has 118 valence electrons. The summed E-state index contributed by atoms with van der Waals surface area (Å²) in [6.07, 6.45) is 0. The Hall–Kier alpha value is -1.59. The molecule has 0 saturated carbocycles. The zero-order valence-electron chi connectivity index (χ0n) is 12.9. The highest BCUT2D eigenvalue weighted by atomic mass is 35.5. The molecular weight excluding hydrogens is 290 g/mol. The Morgan fingerprint density at radius 1 is 1.29 bits per heavy atom. The van der Waals surface area contributed by atoms with Gasteiger partial charge in [0.05, 0.1) is 6.04 Å². The topological polar surface area (TPSA) is 84.2 Å². The van der Waals surface area contributed by atoms with E-state index in [-0.39, 0.29) is 29.6 Å². The molecule has 0 heterocycles. The number of rotatable bonds is 4. The lowest BCUT2D eigenvalue weighted by Gasteiger charge is -2.25. The van der Waals surface area contributed by atoms with E-state index in [1.54, 1.807) is 25.2 Å². The molecule has 0 aliphatic carbocycles. The van der Waals surface area contributed by atoms with Crippen LogP contribution in [0.2, 0.25) is 0 Å². The SMILES string of the molecule is CNC(=O)c1cccc(CNC(=O)[C@@H](N)C(C)(C)C)c1.Cl. The lowest BCUT2D eigenvalue weighted by atomic mass is 9.87.